The van der Waals surface area contributed by atoms with Crippen LogP contribution in [0.2, 0.25) is 0 Å². The lowest BCUT2D eigenvalue weighted by molar-refractivity contribution is -0.139. The summed E-state index contributed by atoms with van der Waals surface area (Å²) in [6.07, 6.45) is 4.21. The van der Waals surface area contributed by atoms with E-state index in [1.54, 1.807) is 0 Å². The lowest BCUT2D eigenvalue weighted by atomic mass is 9.91. The van der Waals surface area contributed by atoms with Crippen molar-refractivity contribution in [1.29, 1.82) is 5.26 Å². The minimum Gasteiger partial charge on any atom is -0.371 e. The molecule has 1 amide bonds. The second kappa shape index (κ2) is 11.3. The number of nitrogens with zero attached hydrogens (tertiary/aromatic N) is 3. The summed E-state index contributed by atoms with van der Waals surface area (Å²) in [5.41, 5.74) is 10.6. The first kappa shape index (κ1) is 25.3. The van der Waals surface area contributed by atoms with E-state index in [2.05, 4.69) is 71.6 Å². The van der Waals surface area contributed by atoms with Gasteiger partial charge in [0.1, 0.15) is 6.04 Å². The summed E-state index contributed by atoms with van der Waals surface area (Å²) in [7, 11) is 2.18. The lowest BCUT2D eigenvalue weighted by Gasteiger charge is -2.43. The molecule has 0 aromatic heterocycles. The third-order valence-corrected chi connectivity index (χ3v) is 7.52. The van der Waals surface area contributed by atoms with Gasteiger partial charge in [-0.15, -0.1) is 0 Å². The highest BCUT2D eigenvalue weighted by atomic mass is 16.5. The largest absolute Gasteiger partial charge is 0.371 e. The topological polar surface area (TPSA) is 94.6 Å². The molecule has 35 heavy (non-hydrogen) atoms. The normalized spacial score (nSPS) is 26.6. The van der Waals surface area contributed by atoms with Gasteiger partial charge in [-0.1, -0.05) is 48.5 Å². The molecule has 2 aromatic rings. The van der Waals surface area contributed by atoms with Crippen molar-refractivity contribution in [3.8, 4) is 17.2 Å². The third kappa shape index (κ3) is 6.28. The molecule has 1 aliphatic carbocycles. The van der Waals surface area contributed by atoms with Crippen molar-refractivity contribution in [3.63, 3.8) is 0 Å². The fraction of sp³-hybridized carbons (Fsp3) is 0.500. The van der Waals surface area contributed by atoms with Crippen LogP contribution in [0.15, 0.2) is 48.5 Å². The number of piperazine rings is 1. The molecular weight excluding hydrogens is 438 g/mol. The molecule has 3 atom stereocenters. The predicted octanol–water partition coefficient (Wildman–Crippen LogP) is 2.55. The van der Waals surface area contributed by atoms with Crippen LogP contribution in [0.4, 0.5) is 0 Å². The standard InChI is InChI=1S/C22H26N4O.C6H11NO/c1-25-10-12-26(13-11-25)16-19-4-8-21(9-5-19)20-6-2-18(3-7-20)14-22(15-23)24-17-27;1-6(7)4-2-3-5(6)8-4/h2-9,17,22H,10-14,16H2,1H3,(H,24,27);4-5H,2-3,7H2,1H3. The quantitative estimate of drug-likeness (QED) is 0.598. The van der Waals surface area contributed by atoms with Gasteiger partial charge in [-0.25, -0.2) is 0 Å². The van der Waals surface area contributed by atoms with Crippen LogP contribution in [0.25, 0.3) is 11.1 Å². The number of likely N-dealkylation sites (N-methyl/N-ethyl adjacent to an activating group) is 1. The van der Waals surface area contributed by atoms with E-state index in [1.807, 2.05) is 12.1 Å². The van der Waals surface area contributed by atoms with Crippen molar-refractivity contribution in [3.05, 3.63) is 59.7 Å². The highest BCUT2D eigenvalue weighted by molar-refractivity contribution is 5.64. The Morgan fingerprint density at radius 1 is 1.06 bits per heavy atom. The summed E-state index contributed by atoms with van der Waals surface area (Å²) in [6.45, 7) is 7.62. The maximum absolute atomic E-state index is 10.5. The van der Waals surface area contributed by atoms with Crippen LogP contribution in [0.1, 0.15) is 30.9 Å². The molecule has 2 bridgehead atoms. The molecule has 0 radical (unpaired) electrons. The molecule has 3 aliphatic heterocycles. The van der Waals surface area contributed by atoms with Crippen LogP contribution in [0.5, 0.6) is 0 Å². The zero-order valence-electron chi connectivity index (χ0n) is 20.8. The fourth-order valence-corrected chi connectivity index (χ4v) is 5.05. The first-order chi connectivity index (χ1) is 16.9. The minimum atomic E-state index is -0.484. The van der Waals surface area contributed by atoms with E-state index in [-0.39, 0.29) is 5.54 Å². The molecule has 0 spiro atoms. The summed E-state index contributed by atoms with van der Waals surface area (Å²) < 4.78 is 5.34. The van der Waals surface area contributed by atoms with Gasteiger partial charge in [-0.2, -0.15) is 5.26 Å². The highest BCUT2D eigenvalue weighted by Crippen LogP contribution is 2.43. The number of nitrogens with one attached hydrogen (secondary N) is 1. The van der Waals surface area contributed by atoms with E-state index in [9.17, 15) is 4.79 Å². The smallest absolute Gasteiger partial charge is 0.208 e. The summed E-state index contributed by atoms with van der Waals surface area (Å²) in [5, 5.41) is 11.6. The van der Waals surface area contributed by atoms with Crippen molar-refractivity contribution in [2.24, 2.45) is 5.73 Å². The monoisotopic (exact) mass is 475 g/mol. The Kier molecular flexibility index (Phi) is 8.19. The Labute approximate surface area is 208 Å². The average Bonchev–Trinajstić information content (AvgIpc) is 3.50. The zero-order chi connectivity index (χ0) is 24.8. The van der Waals surface area contributed by atoms with Crippen LogP contribution in [0, 0.1) is 11.3 Å². The summed E-state index contributed by atoms with van der Waals surface area (Å²) in [5.74, 6) is 0. The van der Waals surface area contributed by atoms with Gasteiger partial charge in [-0.3, -0.25) is 9.69 Å². The summed E-state index contributed by atoms with van der Waals surface area (Å²) >= 11 is 0. The number of rotatable bonds is 7. The number of ether oxygens (including phenoxy) is 1. The van der Waals surface area contributed by atoms with Crippen LogP contribution >= 0.6 is 0 Å². The Bertz CT molecular complexity index is 991. The molecule has 186 valence electrons. The second-order valence-corrected chi connectivity index (χ2v) is 10.2. The van der Waals surface area contributed by atoms with Crippen LogP contribution in [0.3, 0.4) is 0 Å². The van der Waals surface area contributed by atoms with Crippen LogP contribution < -0.4 is 11.1 Å². The number of nitriles is 1. The number of hydrogen-bond acceptors (Lipinski definition) is 6. The van der Waals surface area contributed by atoms with E-state index in [0.717, 1.165) is 43.9 Å². The molecule has 3 unspecified atom stereocenters. The van der Waals surface area contributed by atoms with E-state index in [0.29, 0.717) is 25.0 Å². The van der Waals surface area contributed by atoms with Crippen LogP contribution in [-0.2, 0) is 22.5 Å². The minimum absolute atomic E-state index is 0.0278. The molecule has 6 rings (SSSR count). The SMILES string of the molecule is CC1(N)C2CCC1O2.CN1CCN(Cc2ccc(-c3ccc(CC(C#N)NC=O)cc3)cc2)CC1. The van der Waals surface area contributed by atoms with Crippen molar-refractivity contribution in [2.45, 2.75) is 56.5 Å². The molecule has 3 saturated heterocycles. The Hall–Kier alpha value is -2.76. The number of nitrogens with two attached hydrogens (primary N) is 1. The first-order valence-corrected chi connectivity index (χ1v) is 12.5. The molecule has 1 saturated carbocycles. The number of hydrogen-bond donors (Lipinski definition) is 2. The number of carbonyl (C=O) groups excluding carboxylic acids is 1. The lowest BCUT2D eigenvalue weighted by Crippen LogP contribution is -2.63. The van der Waals surface area contributed by atoms with Gasteiger partial charge in [0.25, 0.3) is 0 Å². The molecular formula is C28H37N5O2. The van der Waals surface area contributed by atoms with Crippen molar-refractivity contribution in [2.75, 3.05) is 33.2 Å². The van der Waals surface area contributed by atoms with E-state index in [1.165, 1.54) is 24.0 Å². The zero-order valence-corrected chi connectivity index (χ0v) is 20.8. The number of fused-ring (bicyclic) bond motifs is 1. The molecule has 7 heteroatoms. The van der Waals surface area contributed by atoms with Gasteiger partial charge < -0.3 is 20.7 Å². The Morgan fingerprint density at radius 2 is 1.60 bits per heavy atom. The first-order valence-electron chi connectivity index (χ1n) is 12.5. The van der Waals surface area contributed by atoms with E-state index in [4.69, 9.17) is 15.7 Å². The summed E-state index contributed by atoms with van der Waals surface area (Å²) in [6, 6.07) is 18.5. The fourth-order valence-electron chi connectivity index (χ4n) is 5.05. The predicted molar refractivity (Wildman–Crippen MR) is 137 cm³/mol. The van der Waals surface area contributed by atoms with E-state index < -0.39 is 6.04 Å². The maximum Gasteiger partial charge on any atom is 0.208 e. The van der Waals surface area contributed by atoms with Crippen molar-refractivity contribution < 1.29 is 9.53 Å². The molecule has 4 fully saturated rings. The van der Waals surface area contributed by atoms with E-state index >= 15 is 0 Å². The van der Waals surface area contributed by atoms with Gasteiger partial charge in [0.05, 0.1) is 23.8 Å². The molecule has 4 aliphatic rings. The highest BCUT2D eigenvalue weighted by Gasteiger charge is 2.55. The molecule has 3 heterocycles. The number of benzene rings is 2. The van der Waals surface area contributed by atoms with Gasteiger partial charge in [0.15, 0.2) is 0 Å². The third-order valence-electron chi connectivity index (χ3n) is 7.52. The number of carbonyl (C=O) groups is 1. The van der Waals surface area contributed by atoms with Gasteiger partial charge >= 0.3 is 0 Å². The Morgan fingerprint density at radius 3 is 2.03 bits per heavy atom. The summed E-state index contributed by atoms with van der Waals surface area (Å²) in [4.78, 5) is 15.4. The van der Waals surface area contributed by atoms with Gasteiger partial charge in [0, 0.05) is 39.1 Å². The van der Waals surface area contributed by atoms with Gasteiger partial charge in [0.2, 0.25) is 6.41 Å². The Balaban J connectivity index is 0.000000301. The number of amides is 1. The van der Waals surface area contributed by atoms with Crippen molar-refractivity contribution in [1.82, 2.24) is 15.1 Å². The average molecular weight is 476 g/mol. The molecule has 7 nitrogen and oxygen atoms in total. The molecule has 3 N–H and O–H groups in total. The molecule has 2 aromatic carbocycles. The van der Waals surface area contributed by atoms with Crippen molar-refractivity contribution >= 4 is 6.41 Å². The van der Waals surface area contributed by atoms with Crippen LogP contribution in [-0.4, -0.2) is 73.2 Å². The van der Waals surface area contributed by atoms with Gasteiger partial charge in [-0.05, 0) is 49.1 Å². The maximum atomic E-state index is 10.5. The second-order valence-electron chi connectivity index (χ2n) is 10.2.